The van der Waals surface area contributed by atoms with Gasteiger partial charge in [-0.3, -0.25) is 14.2 Å². The van der Waals surface area contributed by atoms with Gasteiger partial charge >= 0.3 is 5.97 Å². The van der Waals surface area contributed by atoms with Crippen LogP contribution < -0.4 is 5.32 Å². The second-order valence-electron chi connectivity index (χ2n) is 8.66. The van der Waals surface area contributed by atoms with Crippen molar-refractivity contribution in [2.45, 2.75) is 62.4 Å². The maximum Gasteiger partial charge on any atom is 0.325 e. The zero-order chi connectivity index (χ0) is 22.3. The molecule has 1 fully saturated rings. The summed E-state index contributed by atoms with van der Waals surface area (Å²) in [5.41, 5.74) is 3.41. The number of nitrogens with zero attached hydrogens (tertiary/aromatic N) is 2. The van der Waals surface area contributed by atoms with Crippen LogP contribution in [0.3, 0.4) is 0 Å². The van der Waals surface area contributed by atoms with Crippen LogP contribution >= 0.6 is 11.8 Å². The molecule has 0 aliphatic heterocycles. The number of nitrogens with one attached hydrogen (secondary N) is 1. The van der Waals surface area contributed by atoms with Crippen LogP contribution in [-0.2, 0) is 9.59 Å². The zero-order valence-electron chi connectivity index (χ0n) is 18.2. The Balaban J connectivity index is 1.72. The molecule has 1 heterocycles. The lowest BCUT2D eigenvalue weighted by atomic mass is 9.99. The predicted octanol–water partition coefficient (Wildman–Crippen LogP) is 4.67. The molecular weight excluding hydrogens is 410 g/mol. The highest BCUT2D eigenvalue weighted by atomic mass is 32.2. The van der Waals surface area contributed by atoms with Crippen molar-refractivity contribution in [1.82, 2.24) is 14.9 Å². The molecule has 162 valence electrons. The molecule has 7 heteroatoms. The van der Waals surface area contributed by atoms with Gasteiger partial charge in [0.05, 0.1) is 10.4 Å². The number of fused-ring (bicyclic) bond motifs is 1. The van der Waals surface area contributed by atoms with Gasteiger partial charge in [0.2, 0.25) is 5.91 Å². The summed E-state index contributed by atoms with van der Waals surface area (Å²) >= 11 is 1.33. The molecule has 0 saturated heterocycles. The first-order chi connectivity index (χ1) is 14.7. The average molecular weight is 438 g/mol. The van der Waals surface area contributed by atoms with Crippen LogP contribution in [0.2, 0.25) is 0 Å². The van der Waals surface area contributed by atoms with Gasteiger partial charge in [0.15, 0.2) is 5.16 Å². The Hall–Kier alpha value is -2.80. The van der Waals surface area contributed by atoms with Crippen LogP contribution in [-0.4, -0.2) is 37.3 Å². The van der Waals surface area contributed by atoms with Crippen LogP contribution in [0.1, 0.15) is 50.8 Å². The van der Waals surface area contributed by atoms with E-state index in [-0.39, 0.29) is 5.91 Å². The third kappa shape index (κ3) is 4.19. The lowest BCUT2D eigenvalue weighted by Crippen LogP contribution is -2.47. The summed E-state index contributed by atoms with van der Waals surface area (Å²) in [5.74, 6) is -0.752. The number of thioether (sulfide) groups is 1. The number of aromatic nitrogens is 2. The van der Waals surface area contributed by atoms with Crippen molar-refractivity contribution in [2.24, 2.45) is 0 Å². The highest BCUT2D eigenvalue weighted by molar-refractivity contribution is 8.01. The highest BCUT2D eigenvalue weighted by Crippen LogP contribution is 2.44. The standard InChI is InChI=1S/C24H27N3O3S/c1-14-13-25-23(31-24(3,4)22(30)26-15(2)21(28)29)27(14)20-12-11-17(16-9-10-16)18-7-5-6-8-19(18)20/h5-8,11-13,15-16H,9-10H2,1-4H3,(H,26,30)(H,28,29). The minimum atomic E-state index is -1.06. The van der Waals surface area contributed by atoms with E-state index in [1.165, 1.54) is 42.5 Å². The summed E-state index contributed by atoms with van der Waals surface area (Å²) < 4.78 is 1.18. The fourth-order valence-electron chi connectivity index (χ4n) is 3.74. The van der Waals surface area contributed by atoms with Gasteiger partial charge in [-0.25, -0.2) is 4.98 Å². The number of aliphatic carboxylic acids is 1. The minimum Gasteiger partial charge on any atom is -0.480 e. The van der Waals surface area contributed by atoms with E-state index in [1.54, 1.807) is 20.0 Å². The third-order valence-corrected chi connectivity index (χ3v) is 6.88. The number of carboxylic acids is 1. The smallest absolute Gasteiger partial charge is 0.325 e. The first-order valence-electron chi connectivity index (χ1n) is 10.5. The number of imidazole rings is 1. The summed E-state index contributed by atoms with van der Waals surface area (Å²) in [5, 5.41) is 14.8. The van der Waals surface area contributed by atoms with E-state index in [9.17, 15) is 9.59 Å². The van der Waals surface area contributed by atoms with Crippen LogP contribution in [0.15, 0.2) is 47.8 Å². The van der Waals surface area contributed by atoms with Crippen molar-refractivity contribution in [3.8, 4) is 5.69 Å². The molecule has 0 spiro atoms. The topological polar surface area (TPSA) is 84.2 Å². The molecule has 1 aliphatic rings. The summed E-state index contributed by atoms with van der Waals surface area (Å²) in [6.07, 6.45) is 4.29. The van der Waals surface area contributed by atoms with E-state index in [1.807, 2.05) is 13.0 Å². The Bertz CT molecular complexity index is 1160. The second kappa shape index (κ2) is 8.04. The number of aryl methyl sites for hydroxylation is 1. The predicted molar refractivity (Wildman–Crippen MR) is 123 cm³/mol. The van der Waals surface area contributed by atoms with Gasteiger partial charge in [0, 0.05) is 17.3 Å². The van der Waals surface area contributed by atoms with Gasteiger partial charge in [0.25, 0.3) is 0 Å². The van der Waals surface area contributed by atoms with E-state index in [2.05, 4.69) is 45.2 Å². The van der Waals surface area contributed by atoms with E-state index in [0.717, 1.165) is 16.8 Å². The molecule has 6 nitrogen and oxygen atoms in total. The summed E-state index contributed by atoms with van der Waals surface area (Å²) in [6, 6.07) is 11.8. The number of carbonyl (C=O) groups is 2. The van der Waals surface area contributed by atoms with E-state index in [0.29, 0.717) is 11.1 Å². The molecule has 31 heavy (non-hydrogen) atoms. The van der Waals surface area contributed by atoms with E-state index >= 15 is 0 Å². The van der Waals surface area contributed by atoms with Gasteiger partial charge in [-0.2, -0.15) is 0 Å². The first-order valence-corrected chi connectivity index (χ1v) is 11.3. The molecule has 0 radical (unpaired) electrons. The van der Waals surface area contributed by atoms with Crippen LogP contribution in [0.25, 0.3) is 16.5 Å². The van der Waals surface area contributed by atoms with Gasteiger partial charge < -0.3 is 10.4 Å². The molecule has 3 aromatic rings. The minimum absolute atomic E-state index is 0.339. The number of amides is 1. The zero-order valence-corrected chi connectivity index (χ0v) is 19.0. The van der Waals surface area contributed by atoms with Crippen molar-refractivity contribution in [3.63, 3.8) is 0 Å². The van der Waals surface area contributed by atoms with Crippen molar-refractivity contribution in [1.29, 1.82) is 0 Å². The van der Waals surface area contributed by atoms with Crippen LogP contribution in [0.5, 0.6) is 0 Å². The first kappa shape index (κ1) is 21.4. The average Bonchev–Trinajstić information content (AvgIpc) is 3.51. The summed E-state index contributed by atoms with van der Waals surface area (Å²) in [4.78, 5) is 28.5. The van der Waals surface area contributed by atoms with Gasteiger partial charge in [-0.05, 0) is 63.5 Å². The molecule has 0 bridgehead atoms. The Morgan fingerprint density at radius 2 is 1.87 bits per heavy atom. The number of carbonyl (C=O) groups excluding carboxylic acids is 1. The Kier molecular flexibility index (Phi) is 5.56. The fourth-order valence-corrected chi connectivity index (χ4v) is 4.79. The van der Waals surface area contributed by atoms with Gasteiger partial charge in [-0.1, -0.05) is 42.1 Å². The van der Waals surface area contributed by atoms with Crippen LogP contribution in [0.4, 0.5) is 0 Å². The van der Waals surface area contributed by atoms with E-state index < -0.39 is 16.8 Å². The lowest BCUT2D eigenvalue weighted by Gasteiger charge is -2.25. The molecular formula is C24H27N3O3S. The Labute approximate surface area is 186 Å². The molecule has 1 atom stereocenters. The Morgan fingerprint density at radius 3 is 2.52 bits per heavy atom. The molecule has 1 aliphatic carbocycles. The quantitative estimate of drug-likeness (QED) is 0.525. The van der Waals surface area contributed by atoms with Gasteiger partial charge in [-0.15, -0.1) is 0 Å². The maximum atomic E-state index is 12.7. The maximum absolute atomic E-state index is 12.7. The molecule has 1 aromatic heterocycles. The number of carboxylic acid groups (broad SMARTS) is 1. The molecule has 2 N–H and O–H groups in total. The Morgan fingerprint density at radius 1 is 1.19 bits per heavy atom. The normalized spacial score (nSPS) is 15.1. The summed E-state index contributed by atoms with van der Waals surface area (Å²) in [7, 11) is 0. The third-order valence-electron chi connectivity index (χ3n) is 5.71. The van der Waals surface area contributed by atoms with Crippen molar-refractivity contribution >= 4 is 34.4 Å². The number of hydrogen-bond donors (Lipinski definition) is 2. The lowest BCUT2D eigenvalue weighted by molar-refractivity contribution is -0.141. The van der Waals surface area contributed by atoms with Crippen molar-refractivity contribution < 1.29 is 14.7 Å². The molecule has 1 amide bonds. The van der Waals surface area contributed by atoms with Crippen molar-refractivity contribution in [3.05, 3.63) is 53.9 Å². The SMILES string of the molecule is Cc1cnc(SC(C)(C)C(=O)NC(C)C(=O)O)n1-c1ccc(C2CC2)c2ccccc12. The second-order valence-corrected chi connectivity index (χ2v) is 10.2. The van der Waals surface area contributed by atoms with E-state index in [4.69, 9.17) is 5.11 Å². The monoisotopic (exact) mass is 437 g/mol. The number of benzene rings is 2. The molecule has 4 rings (SSSR count). The molecule has 1 saturated carbocycles. The van der Waals surface area contributed by atoms with Crippen molar-refractivity contribution in [2.75, 3.05) is 0 Å². The molecule has 1 unspecified atom stereocenters. The van der Waals surface area contributed by atoms with Gasteiger partial charge in [0.1, 0.15) is 6.04 Å². The van der Waals surface area contributed by atoms with Crippen LogP contribution in [0, 0.1) is 6.92 Å². The fraction of sp³-hybridized carbons (Fsp3) is 0.375. The number of hydrogen-bond acceptors (Lipinski definition) is 4. The summed E-state index contributed by atoms with van der Waals surface area (Å²) in [6.45, 7) is 7.02. The highest BCUT2D eigenvalue weighted by Gasteiger charge is 2.33. The molecule has 2 aromatic carbocycles. The number of rotatable bonds is 7. The largest absolute Gasteiger partial charge is 0.480 e.